The van der Waals surface area contributed by atoms with E-state index in [-0.39, 0.29) is 18.6 Å². The highest BCUT2D eigenvalue weighted by Gasteiger charge is 2.30. The molecule has 130 valence electrons. The second-order valence-corrected chi connectivity index (χ2v) is 6.91. The monoisotopic (exact) mass is 402 g/mol. The summed E-state index contributed by atoms with van der Waals surface area (Å²) >= 11 is 3.49. The average Bonchev–Trinajstić information content (AvgIpc) is 3.09. The molecule has 0 saturated carbocycles. The molecule has 2 aromatic carbocycles. The van der Waals surface area contributed by atoms with Gasteiger partial charge in [0, 0.05) is 16.6 Å². The average molecular weight is 403 g/mol. The van der Waals surface area contributed by atoms with Crippen LogP contribution in [0.1, 0.15) is 34.8 Å². The maximum Gasteiger partial charge on any atom is 0.255 e. The zero-order valence-electron chi connectivity index (χ0n) is 13.7. The summed E-state index contributed by atoms with van der Waals surface area (Å²) in [7, 11) is 0. The maximum atomic E-state index is 12.9. The highest BCUT2D eigenvalue weighted by atomic mass is 79.9. The van der Waals surface area contributed by atoms with Crippen LogP contribution in [0.4, 0.5) is 0 Å². The molecule has 0 radical (unpaired) electrons. The van der Waals surface area contributed by atoms with Crippen molar-refractivity contribution in [1.29, 1.82) is 0 Å². The lowest BCUT2D eigenvalue weighted by atomic mass is 10.0. The summed E-state index contributed by atoms with van der Waals surface area (Å²) in [6, 6.07) is 15.0. The predicted octanol–water partition coefficient (Wildman–Crippen LogP) is 3.29. The fourth-order valence-corrected chi connectivity index (χ4v) is 3.50. The summed E-state index contributed by atoms with van der Waals surface area (Å²) < 4.78 is 6.24. The van der Waals surface area contributed by atoms with E-state index >= 15 is 0 Å². The van der Waals surface area contributed by atoms with Gasteiger partial charge in [0.05, 0.1) is 6.04 Å². The molecular weight excluding hydrogens is 384 g/mol. The summed E-state index contributed by atoms with van der Waals surface area (Å²) in [5.74, 6) is -0.0154. The summed E-state index contributed by atoms with van der Waals surface area (Å²) in [5.41, 5.74) is 6.80. The largest absolute Gasteiger partial charge is 0.484 e. The van der Waals surface area contributed by atoms with Gasteiger partial charge >= 0.3 is 0 Å². The number of amides is 2. The predicted molar refractivity (Wildman–Crippen MR) is 98.3 cm³/mol. The van der Waals surface area contributed by atoms with Crippen molar-refractivity contribution in [2.24, 2.45) is 5.73 Å². The van der Waals surface area contributed by atoms with Gasteiger partial charge in [0.1, 0.15) is 5.75 Å². The lowest BCUT2D eigenvalue weighted by Crippen LogP contribution is -2.30. The number of rotatable bonds is 5. The molecule has 1 aliphatic rings. The highest BCUT2D eigenvalue weighted by Crippen LogP contribution is 2.34. The van der Waals surface area contributed by atoms with Crippen LogP contribution in [0.5, 0.6) is 5.75 Å². The normalized spacial score (nSPS) is 16.7. The van der Waals surface area contributed by atoms with E-state index in [2.05, 4.69) is 28.1 Å². The van der Waals surface area contributed by atoms with Crippen molar-refractivity contribution in [3.05, 3.63) is 64.1 Å². The Kier molecular flexibility index (Phi) is 5.38. The molecule has 0 aromatic heterocycles. The number of likely N-dealkylation sites (tertiary alicyclic amines) is 1. The molecule has 1 heterocycles. The highest BCUT2D eigenvalue weighted by molar-refractivity contribution is 9.10. The molecule has 1 fully saturated rings. The topological polar surface area (TPSA) is 72.6 Å². The molecule has 3 rings (SSSR count). The summed E-state index contributed by atoms with van der Waals surface area (Å²) in [6.45, 7) is 0.570. The Morgan fingerprint density at radius 1 is 1.20 bits per heavy atom. The maximum absolute atomic E-state index is 12.9. The van der Waals surface area contributed by atoms with Gasteiger partial charge in [0.15, 0.2) is 6.61 Å². The quantitative estimate of drug-likeness (QED) is 0.833. The standard InChI is InChI=1S/C19H19BrN2O3/c20-15-4-1-3-14(11-15)17-5-2-10-22(17)19(24)13-6-8-16(9-7-13)25-12-18(21)23/h1,3-4,6-9,11,17H,2,5,10,12H2,(H2,21,23)/t17-/m1/s1. The number of primary amides is 1. The lowest BCUT2D eigenvalue weighted by Gasteiger charge is -2.25. The second-order valence-electron chi connectivity index (χ2n) is 5.99. The van der Waals surface area contributed by atoms with E-state index < -0.39 is 5.91 Å². The number of nitrogens with two attached hydrogens (primary N) is 1. The van der Waals surface area contributed by atoms with Crippen LogP contribution in [0.3, 0.4) is 0 Å². The molecule has 2 aromatic rings. The number of nitrogens with zero attached hydrogens (tertiary/aromatic N) is 1. The zero-order valence-corrected chi connectivity index (χ0v) is 15.2. The van der Waals surface area contributed by atoms with Gasteiger partial charge in [-0.15, -0.1) is 0 Å². The first-order valence-corrected chi connectivity index (χ1v) is 8.91. The van der Waals surface area contributed by atoms with Gasteiger partial charge in [-0.2, -0.15) is 0 Å². The van der Waals surface area contributed by atoms with Crippen LogP contribution in [-0.2, 0) is 4.79 Å². The van der Waals surface area contributed by atoms with Crippen molar-refractivity contribution < 1.29 is 14.3 Å². The van der Waals surface area contributed by atoms with Gasteiger partial charge in [0.2, 0.25) is 0 Å². The number of hydrogen-bond acceptors (Lipinski definition) is 3. The SMILES string of the molecule is NC(=O)COc1ccc(C(=O)N2CCC[C@@H]2c2cccc(Br)c2)cc1. The van der Waals surface area contributed by atoms with E-state index in [4.69, 9.17) is 10.5 Å². The van der Waals surface area contributed by atoms with Gasteiger partial charge in [0.25, 0.3) is 11.8 Å². The Balaban J connectivity index is 1.74. The van der Waals surface area contributed by atoms with E-state index in [1.54, 1.807) is 24.3 Å². The van der Waals surface area contributed by atoms with Crippen molar-refractivity contribution in [1.82, 2.24) is 4.90 Å². The van der Waals surface area contributed by atoms with Crippen molar-refractivity contribution >= 4 is 27.7 Å². The molecule has 1 atom stereocenters. The van der Waals surface area contributed by atoms with Crippen LogP contribution in [0.25, 0.3) is 0 Å². The van der Waals surface area contributed by atoms with Gasteiger partial charge < -0.3 is 15.4 Å². The van der Waals surface area contributed by atoms with Gasteiger partial charge in [-0.25, -0.2) is 0 Å². The summed E-state index contributed by atoms with van der Waals surface area (Å²) in [4.78, 5) is 25.6. The molecule has 6 heteroatoms. The third-order valence-electron chi connectivity index (χ3n) is 4.23. The summed E-state index contributed by atoms with van der Waals surface area (Å²) in [6.07, 6.45) is 1.95. The Morgan fingerprint density at radius 3 is 2.64 bits per heavy atom. The first kappa shape index (κ1) is 17.5. The van der Waals surface area contributed by atoms with Gasteiger partial charge in [-0.1, -0.05) is 28.1 Å². The van der Waals surface area contributed by atoms with E-state index in [1.807, 2.05) is 17.0 Å². The number of carbonyl (C=O) groups excluding carboxylic acids is 2. The fourth-order valence-electron chi connectivity index (χ4n) is 3.08. The van der Waals surface area contributed by atoms with Gasteiger partial charge in [-0.05, 0) is 54.8 Å². The second kappa shape index (κ2) is 7.70. The van der Waals surface area contributed by atoms with Gasteiger partial charge in [-0.3, -0.25) is 9.59 Å². The Bertz CT molecular complexity index is 776. The molecule has 0 unspecified atom stereocenters. The molecule has 2 N–H and O–H groups in total. The molecule has 0 spiro atoms. The molecule has 1 aliphatic heterocycles. The minimum absolute atomic E-state index is 0.00364. The van der Waals surface area contributed by atoms with Crippen molar-refractivity contribution in [3.8, 4) is 5.75 Å². The van der Waals surface area contributed by atoms with Crippen LogP contribution in [-0.4, -0.2) is 29.9 Å². The first-order valence-electron chi connectivity index (χ1n) is 8.12. The molecule has 1 saturated heterocycles. The van der Waals surface area contributed by atoms with Crippen molar-refractivity contribution in [3.63, 3.8) is 0 Å². The third kappa shape index (κ3) is 4.20. The number of ether oxygens (including phenoxy) is 1. The smallest absolute Gasteiger partial charge is 0.255 e. The van der Waals surface area contributed by atoms with Crippen LogP contribution < -0.4 is 10.5 Å². The van der Waals surface area contributed by atoms with E-state index in [0.717, 1.165) is 29.4 Å². The number of hydrogen-bond donors (Lipinski definition) is 1. The minimum Gasteiger partial charge on any atom is -0.484 e. The number of halogens is 1. The Morgan fingerprint density at radius 2 is 1.96 bits per heavy atom. The Labute approximate surface area is 154 Å². The number of carbonyl (C=O) groups is 2. The zero-order chi connectivity index (χ0) is 17.8. The number of benzene rings is 2. The van der Waals surface area contributed by atoms with E-state index in [9.17, 15) is 9.59 Å². The fraction of sp³-hybridized carbons (Fsp3) is 0.263. The molecule has 5 nitrogen and oxygen atoms in total. The van der Waals surface area contributed by atoms with Crippen molar-refractivity contribution in [2.45, 2.75) is 18.9 Å². The molecule has 0 bridgehead atoms. The van der Waals surface area contributed by atoms with Crippen LogP contribution in [0.15, 0.2) is 53.0 Å². The van der Waals surface area contributed by atoms with E-state index in [1.165, 1.54) is 0 Å². The molecule has 0 aliphatic carbocycles. The molecule has 2 amide bonds. The van der Waals surface area contributed by atoms with Crippen molar-refractivity contribution in [2.75, 3.05) is 13.2 Å². The summed E-state index contributed by atoms with van der Waals surface area (Å²) in [5, 5.41) is 0. The van der Waals surface area contributed by atoms with Crippen LogP contribution in [0, 0.1) is 0 Å². The van der Waals surface area contributed by atoms with Crippen LogP contribution in [0.2, 0.25) is 0 Å². The first-order chi connectivity index (χ1) is 12.0. The molecular formula is C19H19BrN2O3. The Hall–Kier alpha value is -2.34. The lowest BCUT2D eigenvalue weighted by molar-refractivity contribution is -0.119. The minimum atomic E-state index is -0.533. The third-order valence-corrected chi connectivity index (χ3v) is 4.72. The van der Waals surface area contributed by atoms with Crippen LogP contribution >= 0.6 is 15.9 Å². The molecule has 25 heavy (non-hydrogen) atoms. The van der Waals surface area contributed by atoms with E-state index in [0.29, 0.717) is 11.3 Å².